The zero-order chi connectivity index (χ0) is 14.9. The molecule has 0 aliphatic heterocycles. The molecule has 1 amide bonds. The predicted molar refractivity (Wildman–Crippen MR) is 74.0 cm³/mol. The molecule has 0 bridgehead atoms. The van der Waals surface area contributed by atoms with Crippen LogP contribution in [0.15, 0.2) is 36.4 Å². The van der Waals surface area contributed by atoms with Gasteiger partial charge in [0, 0.05) is 0 Å². The first-order valence-electron chi connectivity index (χ1n) is 5.55. The number of primary amides is 1. The van der Waals surface area contributed by atoms with Crippen molar-refractivity contribution in [1.82, 2.24) is 0 Å². The summed E-state index contributed by atoms with van der Waals surface area (Å²) in [5.41, 5.74) is 6.25. The molecule has 0 atom stereocenters. The Hall–Kier alpha value is -2.53. The molecule has 0 aromatic heterocycles. The minimum Gasteiger partial charge on any atom is -0.508 e. The topological polar surface area (TPSA) is 101 Å². The van der Waals surface area contributed by atoms with Gasteiger partial charge in [0.2, 0.25) is 5.91 Å². The smallest absolute Gasteiger partial charge is 0.335 e. The molecule has 2 rings (SSSR count). The largest absolute Gasteiger partial charge is 0.508 e. The van der Waals surface area contributed by atoms with Crippen molar-refractivity contribution in [3.05, 3.63) is 52.5 Å². The molecule has 5 nitrogen and oxygen atoms in total. The fourth-order valence-electron chi connectivity index (χ4n) is 1.79. The molecule has 4 N–H and O–H groups in total. The van der Waals surface area contributed by atoms with E-state index in [4.69, 9.17) is 22.4 Å². The third-order valence-electron chi connectivity index (χ3n) is 2.73. The molecule has 0 unspecified atom stereocenters. The van der Waals surface area contributed by atoms with Crippen molar-refractivity contribution in [2.75, 3.05) is 0 Å². The Balaban J connectivity index is 2.59. The van der Waals surface area contributed by atoms with Gasteiger partial charge in [0.15, 0.2) is 0 Å². The zero-order valence-corrected chi connectivity index (χ0v) is 10.9. The van der Waals surface area contributed by atoms with Crippen molar-refractivity contribution in [1.29, 1.82) is 0 Å². The van der Waals surface area contributed by atoms with E-state index in [1.165, 1.54) is 24.3 Å². The van der Waals surface area contributed by atoms with Crippen LogP contribution in [0.4, 0.5) is 0 Å². The van der Waals surface area contributed by atoms with Gasteiger partial charge in [0.05, 0.1) is 16.1 Å². The second kappa shape index (κ2) is 5.22. The van der Waals surface area contributed by atoms with Crippen molar-refractivity contribution in [3.8, 4) is 16.9 Å². The number of benzene rings is 2. The SMILES string of the molecule is NC(=O)c1cc(-c2cc(O)cc(C(=O)O)c2)ccc1Cl. The van der Waals surface area contributed by atoms with Crippen LogP contribution in [0.2, 0.25) is 5.02 Å². The summed E-state index contributed by atoms with van der Waals surface area (Å²) in [6.07, 6.45) is 0. The predicted octanol–water partition coefficient (Wildman–Crippen LogP) is 2.51. The quantitative estimate of drug-likeness (QED) is 0.808. The summed E-state index contributed by atoms with van der Waals surface area (Å²) in [7, 11) is 0. The number of aromatic hydroxyl groups is 1. The number of phenols is 1. The Bertz CT molecular complexity index is 712. The lowest BCUT2D eigenvalue weighted by atomic mass is 10.0. The van der Waals surface area contributed by atoms with E-state index in [0.29, 0.717) is 11.1 Å². The van der Waals surface area contributed by atoms with Crippen LogP contribution < -0.4 is 5.73 Å². The third-order valence-corrected chi connectivity index (χ3v) is 3.06. The van der Waals surface area contributed by atoms with Crippen LogP contribution in [0, 0.1) is 0 Å². The average molecular weight is 292 g/mol. The fourth-order valence-corrected chi connectivity index (χ4v) is 2.01. The van der Waals surface area contributed by atoms with Crippen LogP contribution in [0.25, 0.3) is 11.1 Å². The van der Waals surface area contributed by atoms with Gasteiger partial charge >= 0.3 is 5.97 Å². The second-order valence-electron chi connectivity index (χ2n) is 4.13. The summed E-state index contributed by atoms with van der Waals surface area (Å²) in [4.78, 5) is 22.2. The maximum absolute atomic E-state index is 11.2. The Morgan fingerprint density at radius 1 is 1.05 bits per heavy atom. The number of carboxylic acid groups (broad SMARTS) is 1. The van der Waals surface area contributed by atoms with Crippen molar-refractivity contribution in [2.24, 2.45) is 5.73 Å². The number of rotatable bonds is 3. The van der Waals surface area contributed by atoms with Crippen LogP contribution in [-0.4, -0.2) is 22.1 Å². The summed E-state index contributed by atoms with van der Waals surface area (Å²) in [6, 6.07) is 8.45. The van der Waals surface area contributed by atoms with Crippen molar-refractivity contribution < 1.29 is 19.8 Å². The zero-order valence-electron chi connectivity index (χ0n) is 10.1. The molecule has 0 heterocycles. The third kappa shape index (κ3) is 2.73. The van der Waals surface area contributed by atoms with E-state index in [2.05, 4.69) is 0 Å². The molecular formula is C14H10ClNO4. The molecule has 0 saturated carbocycles. The summed E-state index contributed by atoms with van der Waals surface area (Å²) in [5, 5.41) is 18.7. The molecular weight excluding hydrogens is 282 g/mol. The van der Waals surface area contributed by atoms with Crippen LogP contribution >= 0.6 is 11.6 Å². The van der Waals surface area contributed by atoms with Crippen LogP contribution in [0.3, 0.4) is 0 Å². The van der Waals surface area contributed by atoms with Gasteiger partial charge in [-0.1, -0.05) is 17.7 Å². The van der Waals surface area contributed by atoms with Crippen LogP contribution in [-0.2, 0) is 0 Å². The Morgan fingerprint density at radius 3 is 2.35 bits per heavy atom. The molecule has 2 aromatic carbocycles. The first-order chi connectivity index (χ1) is 9.38. The molecule has 20 heavy (non-hydrogen) atoms. The maximum atomic E-state index is 11.2. The lowest BCUT2D eigenvalue weighted by Gasteiger charge is -2.07. The number of amides is 1. The van der Waals surface area contributed by atoms with Crippen molar-refractivity contribution >= 4 is 23.5 Å². The number of carbonyl (C=O) groups excluding carboxylic acids is 1. The number of hydrogen-bond acceptors (Lipinski definition) is 3. The molecule has 0 fully saturated rings. The van der Waals surface area contributed by atoms with Gasteiger partial charge in [-0.2, -0.15) is 0 Å². The highest BCUT2D eigenvalue weighted by Crippen LogP contribution is 2.28. The van der Waals surface area contributed by atoms with E-state index >= 15 is 0 Å². The van der Waals surface area contributed by atoms with E-state index in [1.54, 1.807) is 6.07 Å². The lowest BCUT2D eigenvalue weighted by molar-refractivity contribution is 0.0696. The number of nitrogens with two attached hydrogens (primary N) is 1. The minimum absolute atomic E-state index is 0.0597. The number of halogens is 1. The highest BCUT2D eigenvalue weighted by Gasteiger charge is 2.11. The first-order valence-corrected chi connectivity index (χ1v) is 5.93. The second-order valence-corrected chi connectivity index (χ2v) is 4.54. The Kier molecular flexibility index (Phi) is 3.63. The Morgan fingerprint density at radius 2 is 1.75 bits per heavy atom. The number of carbonyl (C=O) groups is 2. The van der Waals surface area contributed by atoms with Gasteiger partial charge in [-0.25, -0.2) is 4.79 Å². The summed E-state index contributed by atoms with van der Waals surface area (Å²) < 4.78 is 0. The fraction of sp³-hybridized carbons (Fsp3) is 0. The van der Waals surface area contributed by atoms with E-state index in [-0.39, 0.29) is 21.9 Å². The van der Waals surface area contributed by atoms with E-state index in [0.717, 1.165) is 6.07 Å². The number of aromatic carboxylic acids is 1. The molecule has 0 radical (unpaired) electrons. The van der Waals surface area contributed by atoms with Gasteiger partial charge in [-0.15, -0.1) is 0 Å². The van der Waals surface area contributed by atoms with Gasteiger partial charge in [-0.3, -0.25) is 4.79 Å². The van der Waals surface area contributed by atoms with Crippen molar-refractivity contribution in [2.45, 2.75) is 0 Å². The normalized spacial score (nSPS) is 10.2. The van der Waals surface area contributed by atoms with E-state index in [1.807, 2.05) is 0 Å². The number of carboxylic acids is 1. The molecule has 0 saturated heterocycles. The Labute approximate surface area is 119 Å². The van der Waals surface area contributed by atoms with Crippen molar-refractivity contribution in [3.63, 3.8) is 0 Å². The summed E-state index contributed by atoms with van der Waals surface area (Å²) >= 11 is 5.85. The van der Waals surface area contributed by atoms with Crippen LogP contribution in [0.5, 0.6) is 5.75 Å². The molecule has 2 aromatic rings. The van der Waals surface area contributed by atoms with E-state index in [9.17, 15) is 14.7 Å². The summed E-state index contributed by atoms with van der Waals surface area (Å²) in [5.74, 6) is -2.03. The highest BCUT2D eigenvalue weighted by atomic mass is 35.5. The molecule has 6 heteroatoms. The molecule has 0 spiro atoms. The monoisotopic (exact) mass is 291 g/mol. The number of phenolic OH excluding ortho intramolecular Hbond substituents is 1. The standard InChI is InChI=1S/C14H10ClNO4/c15-12-2-1-7(6-11(12)13(16)18)8-3-9(14(19)20)5-10(17)4-8/h1-6,17H,(H2,16,18)(H,19,20). The molecule has 102 valence electrons. The van der Waals surface area contributed by atoms with Gasteiger partial charge in [0.1, 0.15) is 5.75 Å². The van der Waals surface area contributed by atoms with E-state index < -0.39 is 11.9 Å². The minimum atomic E-state index is -1.16. The van der Waals surface area contributed by atoms with Gasteiger partial charge < -0.3 is 15.9 Å². The van der Waals surface area contributed by atoms with Gasteiger partial charge in [0.25, 0.3) is 0 Å². The number of hydrogen-bond donors (Lipinski definition) is 3. The average Bonchev–Trinajstić information content (AvgIpc) is 2.38. The van der Waals surface area contributed by atoms with Crippen LogP contribution in [0.1, 0.15) is 20.7 Å². The molecule has 0 aliphatic rings. The molecule has 0 aliphatic carbocycles. The first kappa shape index (κ1) is 13.9. The van der Waals surface area contributed by atoms with Gasteiger partial charge in [-0.05, 0) is 41.5 Å². The summed E-state index contributed by atoms with van der Waals surface area (Å²) in [6.45, 7) is 0. The highest BCUT2D eigenvalue weighted by molar-refractivity contribution is 6.33. The lowest BCUT2D eigenvalue weighted by Crippen LogP contribution is -2.11. The maximum Gasteiger partial charge on any atom is 0.335 e.